The maximum Gasteiger partial charge on any atom is 0.289 e. The Kier molecular flexibility index (Phi) is 5.07. The van der Waals surface area contributed by atoms with Gasteiger partial charge in [0.1, 0.15) is 0 Å². The summed E-state index contributed by atoms with van der Waals surface area (Å²) in [5.74, 6) is 0.543. The molecular formula is C14H22ClN3O2. The first-order valence-corrected chi connectivity index (χ1v) is 7.04. The van der Waals surface area contributed by atoms with E-state index in [1.165, 1.54) is 0 Å². The SMILES string of the molecule is Cc1ccoc1C(=O)N1CCC(N2CCNCC2)C1.Cl. The van der Waals surface area contributed by atoms with Crippen molar-refractivity contribution in [3.63, 3.8) is 0 Å². The van der Waals surface area contributed by atoms with Crippen molar-refractivity contribution < 1.29 is 9.21 Å². The second-order valence-electron chi connectivity index (χ2n) is 5.41. The van der Waals surface area contributed by atoms with E-state index < -0.39 is 0 Å². The molecule has 0 saturated carbocycles. The molecular weight excluding hydrogens is 278 g/mol. The van der Waals surface area contributed by atoms with E-state index in [-0.39, 0.29) is 18.3 Å². The molecule has 20 heavy (non-hydrogen) atoms. The van der Waals surface area contributed by atoms with Crippen LogP contribution >= 0.6 is 12.4 Å². The summed E-state index contributed by atoms with van der Waals surface area (Å²) in [6.07, 6.45) is 2.66. The van der Waals surface area contributed by atoms with Gasteiger partial charge in [0.2, 0.25) is 0 Å². The number of aryl methyl sites for hydroxylation is 1. The molecule has 0 radical (unpaired) electrons. The van der Waals surface area contributed by atoms with Crippen molar-refractivity contribution >= 4 is 18.3 Å². The molecule has 2 aliphatic heterocycles. The van der Waals surface area contributed by atoms with E-state index in [0.29, 0.717) is 11.8 Å². The molecule has 2 saturated heterocycles. The number of amides is 1. The average molecular weight is 300 g/mol. The zero-order chi connectivity index (χ0) is 13.2. The number of furan rings is 1. The number of piperazine rings is 1. The average Bonchev–Trinajstić information content (AvgIpc) is 3.08. The van der Waals surface area contributed by atoms with E-state index in [4.69, 9.17) is 4.42 Å². The third-order valence-corrected chi connectivity index (χ3v) is 4.17. The molecule has 1 atom stereocenters. The van der Waals surface area contributed by atoms with Crippen LogP contribution in [0.25, 0.3) is 0 Å². The summed E-state index contributed by atoms with van der Waals surface area (Å²) in [4.78, 5) is 16.8. The van der Waals surface area contributed by atoms with E-state index in [0.717, 1.165) is 51.3 Å². The molecule has 2 fully saturated rings. The van der Waals surface area contributed by atoms with Gasteiger partial charge in [-0.2, -0.15) is 0 Å². The van der Waals surface area contributed by atoms with Crippen molar-refractivity contribution in [2.24, 2.45) is 0 Å². The van der Waals surface area contributed by atoms with Gasteiger partial charge in [0.05, 0.1) is 6.26 Å². The third-order valence-electron chi connectivity index (χ3n) is 4.17. The molecule has 1 aromatic rings. The summed E-state index contributed by atoms with van der Waals surface area (Å²) >= 11 is 0. The number of nitrogens with one attached hydrogen (secondary N) is 1. The molecule has 1 N–H and O–H groups in total. The van der Waals surface area contributed by atoms with Crippen LogP contribution in [0.15, 0.2) is 16.7 Å². The fraction of sp³-hybridized carbons (Fsp3) is 0.643. The molecule has 3 rings (SSSR count). The minimum Gasteiger partial charge on any atom is -0.459 e. The van der Waals surface area contributed by atoms with Gasteiger partial charge in [-0.05, 0) is 19.4 Å². The Morgan fingerprint density at radius 3 is 2.75 bits per heavy atom. The molecule has 0 bridgehead atoms. The van der Waals surface area contributed by atoms with Crippen LogP contribution in [-0.4, -0.2) is 61.0 Å². The van der Waals surface area contributed by atoms with E-state index in [9.17, 15) is 4.79 Å². The number of nitrogens with zero attached hydrogens (tertiary/aromatic N) is 2. The Hall–Kier alpha value is -1.04. The van der Waals surface area contributed by atoms with Gasteiger partial charge in [0, 0.05) is 50.9 Å². The molecule has 2 aliphatic rings. The molecule has 1 amide bonds. The Morgan fingerprint density at radius 1 is 1.35 bits per heavy atom. The summed E-state index contributed by atoms with van der Waals surface area (Å²) in [6.45, 7) is 7.88. The van der Waals surface area contributed by atoms with Crippen LogP contribution in [0.1, 0.15) is 22.5 Å². The number of hydrogen-bond donors (Lipinski definition) is 1. The van der Waals surface area contributed by atoms with Crippen LogP contribution < -0.4 is 5.32 Å². The first kappa shape index (κ1) is 15.4. The van der Waals surface area contributed by atoms with Crippen molar-refractivity contribution in [3.8, 4) is 0 Å². The van der Waals surface area contributed by atoms with Crippen LogP contribution in [0.3, 0.4) is 0 Å². The van der Waals surface area contributed by atoms with Crippen molar-refractivity contribution in [2.75, 3.05) is 39.3 Å². The molecule has 6 heteroatoms. The van der Waals surface area contributed by atoms with E-state index >= 15 is 0 Å². The van der Waals surface area contributed by atoms with Crippen LogP contribution in [0, 0.1) is 6.92 Å². The molecule has 0 aliphatic carbocycles. The van der Waals surface area contributed by atoms with Gasteiger partial charge in [0.15, 0.2) is 5.76 Å². The van der Waals surface area contributed by atoms with Gasteiger partial charge >= 0.3 is 0 Å². The topological polar surface area (TPSA) is 48.7 Å². The Labute approximate surface area is 125 Å². The van der Waals surface area contributed by atoms with Crippen molar-refractivity contribution in [1.29, 1.82) is 0 Å². The van der Waals surface area contributed by atoms with Crippen molar-refractivity contribution in [2.45, 2.75) is 19.4 Å². The first-order valence-electron chi connectivity index (χ1n) is 7.04. The van der Waals surface area contributed by atoms with Crippen LogP contribution in [0.5, 0.6) is 0 Å². The molecule has 1 unspecified atom stereocenters. The van der Waals surface area contributed by atoms with Crippen LogP contribution in [0.4, 0.5) is 0 Å². The Morgan fingerprint density at radius 2 is 2.10 bits per heavy atom. The molecule has 112 valence electrons. The number of carbonyl (C=O) groups is 1. The van der Waals surface area contributed by atoms with E-state index in [1.54, 1.807) is 6.26 Å². The zero-order valence-electron chi connectivity index (χ0n) is 11.8. The summed E-state index contributed by atoms with van der Waals surface area (Å²) < 4.78 is 5.30. The van der Waals surface area contributed by atoms with Crippen LogP contribution in [-0.2, 0) is 0 Å². The highest BCUT2D eigenvalue weighted by molar-refractivity contribution is 5.93. The van der Waals surface area contributed by atoms with E-state index in [1.807, 2.05) is 17.9 Å². The highest BCUT2D eigenvalue weighted by Gasteiger charge is 2.32. The second kappa shape index (κ2) is 6.61. The standard InChI is InChI=1S/C14H21N3O2.ClH/c1-11-3-9-19-13(11)14(18)17-6-2-12(10-17)16-7-4-15-5-8-16;/h3,9,12,15H,2,4-8,10H2,1H3;1H. The van der Waals surface area contributed by atoms with Gasteiger partial charge in [0.25, 0.3) is 5.91 Å². The minimum absolute atomic E-state index is 0. The lowest BCUT2D eigenvalue weighted by atomic mass is 10.2. The van der Waals surface area contributed by atoms with Crippen molar-refractivity contribution in [1.82, 2.24) is 15.1 Å². The third kappa shape index (κ3) is 3.00. The minimum atomic E-state index is 0. The predicted octanol–water partition coefficient (Wildman–Crippen LogP) is 1.13. The highest BCUT2D eigenvalue weighted by atomic mass is 35.5. The second-order valence-corrected chi connectivity index (χ2v) is 5.41. The maximum atomic E-state index is 12.4. The fourth-order valence-electron chi connectivity index (χ4n) is 3.01. The highest BCUT2D eigenvalue weighted by Crippen LogP contribution is 2.20. The zero-order valence-corrected chi connectivity index (χ0v) is 12.6. The van der Waals surface area contributed by atoms with Gasteiger partial charge in [-0.25, -0.2) is 0 Å². The normalized spacial score (nSPS) is 23.6. The number of hydrogen-bond acceptors (Lipinski definition) is 4. The van der Waals surface area contributed by atoms with E-state index in [2.05, 4.69) is 10.2 Å². The molecule has 3 heterocycles. The summed E-state index contributed by atoms with van der Waals surface area (Å²) in [6, 6.07) is 2.36. The predicted molar refractivity (Wildman–Crippen MR) is 79.4 cm³/mol. The van der Waals surface area contributed by atoms with Crippen LogP contribution in [0.2, 0.25) is 0 Å². The van der Waals surface area contributed by atoms with Gasteiger partial charge in [-0.3, -0.25) is 9.69 Å². The number of rotatable bonds is 2. The lowest BCUT2D eigenvalue weighted by Gasteiger charge is -2.32. The van der Waals surface area contributed by atoms with Gasteiger partial charge < -0.3 is 14.6 Å². The van der Waals surface area contributed by atoms with Gasteiger partial charge in [-0.15, -0.1) is 12.4 Å². The number of likely N-dealkylation sites (tertiary alicyclic amines) is 1. The fourth-order valence-corrected chi connectivity index (χ4v) is 3.01. The first-order chi connectivity index (χ1) is 9.25. The Balaban J connectivity index is 0.00000147. The Bertz CT molecular complexity index is 457. The largest absolute Gasteiger partial charge is 0.459 e. The summed E-state index contributed by atoms with van der Waals surface area (Å²) in [5, 5.41) is 3.36. The molecule has 0 spiro atoms. The molecule has 1 aromatic heterocycles. The number of carbonyl (C=O) groups excluding carboxylic acids is 1. The monoisotopic (exact) mass is 299 g/mol. The quantitative estimate of drug-likeness (QED) is 0.889. The lowest BCUT2D eigenvalue weighted by molar-refractivity contribution is 0.0741. The smallest absolute Gasteiger partial charge is 0.289 e. The van der Waals surface area contributed by atoms with Crippen molar-refractivity contribution in [3.05, 3.63) is 23.7 Å². The summed E-state index contributed by atoms with van der Waals surface area (Å²) in [7, 11) is 0. The van der Waals surface area contributed by atoms with Gasteiger partial charge in [-0.1, -0.05) is 0 Å². The molecule has 0 aromatic carbocycles. The number of halogens is 1. The summed E-state index contributed by atoms with van der Waals surface area (Å²) in [5.41, 5.74) is 0.927. The molecule has 5 nitrogen and oxygen atoms in total. The lowest BCUT2D eigenvalue weighted by Crippen LogP contribution is -2.49. The maximum absolute atomic E-state index is 12.4.